The average Bonchev–Trinajstić information content (AvgIpc) is 2.45. The number of carbonyl (C=O) groups excluding carboxylic acids is 1. The third kappa shape index (κ3) is 4.49. The van der Waals surface area contributed by atoms with Gasteiger partial charge in [0.25, 0.3) is 0 Å². The predicted molar refractivity (Wildman–Crippen MR) is 83.2 cm³/mol. The van der Waals surface area contributed by atoms with Gasteiger partial charge in [-0.15, -0.1) is 0 Å². The lowest BCUT2D eigenvalue weighted by Crippen LogP contribution is -2.45. The lowest BCUT2D eigenvalue weighted by Gasteiger charge is -2.30. The minimum absolute atomic E-state index is 0.0432. The van der Waals surface area contributed by atoms with Crippen molar-refractivity contribution in [1.82, 2.24) is 4.90 Å². The van der Waals surface area contributed by atoms with E-state index in [4.69, 9.17) is 5.73 Å². The zero-order valence-corrected chi connectivity index (χ0v) is 13.1. The summed E-state index contributed by atoms with van der Waals surface area (Å²) in [6.07, 6.45) is 2.67. The predicted octanol–water partition coefficient (Wildman–Crippen LogP) is 2.82. The van der Waals surface area contributed by atoms with E-state index in [9.17, 15) is 9.18 Å². The zero-order chi connectivity index (χ0) is 15.1. The molecule has 1 amide bonds. The number of carbonyl (C=O) groups is 1. The first-order valence-electron chi connectivity index (χ1n) is 6.81. The van der Waals surface area contributed by atoms with Gasteiger partial charge in [-0.3, -0.25) is 4.79 Å². The second-order valence-electron chi connectivity index (χ2n) is 4.74. The van der Waals surface area contributed by atoms with Crippen molar-refractivity contribution in [1.29, 1.82) is 0 Å². The summed E-state index contributed by atoms with van der Waals surface area (Å²) in [6, 6.07) is 5.68. The van der Waals surface area contributed by atoms with Crippen molar-refractivity contribution in [3.05, 3.63) is 35.6 Å². The molecule has 112 valence electrons. The molecule has 1 rings (SSSR count). The number of thioether (sulfide) groups is 1. The van der Waals surface area contributed by atoms with E-state index < -0.39 is 6.04 Å². The van der Waals surface area contributed by atoms with Crippen LogP contribution in [0.1, 0.15) is 31.9 Å². The third-order valence-corrected chi connectivity index (χ3v) is 4.04. The Hall–Kier alpha value is -1.07. The first-order valence-corrected chi connectivity index (χ1v) is 8.21. The molecule has 0 aromatic heterocycles. The molecule has 1 unspecified atom stereocenters. The van der Waals surface area contributed by atoms with Gasteiger partial charge in [0, 0.05) is 6.54 Å². The Balaban J connectivity index is 2.78. The number of hydrogen-bond donors (Lipinski definition) is 1. The van der Waals surface area contributed by atoms with Gasteiger partial charge in [0.05, 0.1) is 12.1 Å². The van der Waals surface area contributed by atoms with E-state index in [1.807, 2.05) is 20.1 Å². The first kappa shape index (κ1) is 17.0. The van der Waals surface area contributed by atoms with Crippen LogP contribution in [0.15, 0.2) is 24.3 Å². The molecule has 0 saturated carbocycles. The molecule has 0 spiro atoms. The van der Waals surface area contributed by atoms with E-state index in [-0.39, 0.29) is 17.8 Å². The van der Waals surface area contributed by atoms with Gasteiger partial charge < -0.3 is 10.6 Å². The highest BCUT2D eigenvalue weighted by atomic mass is 32.2. The fraction of sp³-hybridized carbons (Fsp3) is 0.533. The van der Waals surface area contributed by atoms with Crippen LogP contribution in [0.5, 0.6) is 0 Å². The van der Waals surface area contributed by atoms with Gasteiger partial charge >= 0.3 is 0 Å². The molecule has 2 N–H and O–H groups in total. The Morgan fingerprint density at radius 3 is 2.50 bits per heavy atom. The quantitative estimate of drug-likeness (QED) is 0.842. The van der Waals surface area contributed by atoms with Crippen molar-refractivity contribution in [2.45, 2.75) is 32.4 Å². The van der Waals surface area contributed by atoms with Crippen molar-refractivity contribution in [3.63, 3.8) is 0 Å². The van der Waals surface area contributed by atoms with Crippen molar-refractivity contribution < 1.29 is 9.18 Å². The molecule has 0 aliphatic rings. The molecule has 0 aliphatic carbocycles. The van der Waals surface area contributed by atoms with Crippen LogP contribution < -0.4 is 5.73 Å². The minimum atomic E-state index is -0.467. The maximum absolute atomic E-state index is 13.0. The van der Waals surface area contributed by atoms with Crippen LogP contribution in [0, 0.1) is 5.82 Å². The summed E-state index contributed by atoms with van der Waals surface area (Å²) in [5.74, 6) is 0.556. The van der Waals surface area contributed by atoms with Crippen LogP contribution in [-0.2, 0) is 4.79 Å². The van der Waals surface area contributed by atoms with Crippen molar-refractivity contribution in [3.8, 4) is 0 Å². The van der Waals surface area contributed by atoms with Gasteiger partial charge in [0.1, 0.15) is 5.82 Å². The van der Waals surface area contributed by atoms with E-state index in [1.165, 1.54) is 12.1 Å². The molecule has 5 heteroatoms. The number of nitrogens with two attached hydrogens (primary N) is 1. The monoisotopic (exact) mass is 298 g/mol. The maximum Gasteiger partial charge on any atom is 0.240 e. The van der Waals surface area contributed by atoms with Gasteiger partial charge in [-0.2, -0.15) is 11.8 Å². The number of likely N-dealkylation sites (N-methyl/N-ethyl adjacent to an activating group) is 1. The Bertz CT molecular complexity index is 424. The number of halogens is 1. The number of amides is 1. The Labute approximate surface area is 124 Å². The van der Waals surface area contributed by atoms with E-state index in [2.05, 4.69) is 0 Å². The summed E-state index contributed by atoms with van der Waals surface area (Å²) in [5, 5.41) is 0. The Morgan fingerprint density at radius 2 is 2.00 bits per heavy atom. The van der Waals surface area contributed by atoms with Gasteiger partial charge in [0.2, 0.25) is 5.91 Å². The largest absolute Gasteiger partial charge is 0.335 e. The average molecular weight is 298 g/mol. The molecular weight excluding hydrogens is 275 g/mol. The molecule has 0 fully saturated rings. The highest BCUT2D eigenvalue weighted by Crippen LogP contribution is 2.21. The Morgan fingerprint density at radius 1 is 1.40 bits per heavy atom. The lowest BCUT2D eigenvalue weighted by atomic mass is 10.1. The Kier molecular flexibility index (Phi) is 7.02. The molecule has 0 heterocycles. The molecule has 3 nitrogen and oxygen atoms in total. The van der Waals surface area contributed by atoms with E-state index in [1.54, 1.807) is 28.8 Å². The van der Waals surface area contributed by atoms with Crippen LogP contribution in [-0.4, -0.2) is 35.4 Å². The van der Waals surface area contributed by atoms with Crippen LogP contribution in [0.25, 0.3) is 0 Å². The highest BCUT2D eigenvalue weighted by Gasteiger charge is 2.24. The summed E-state index contributed by atoms with van der Waals surface area (Å²) in [4.78, 5) is 14.1. The molecule has 0 saturated heterocycles. The zero-order valence-electron chi connectivity index (χ0n) is 12.3. The number of hydrogen-bond acceptors (Lipinski definition) is 3. The summed E-state index contributed by atoms with van der Waals surface area (Å²) in [5.41, 5.74) is 6.87. The normalized spacial score (nSPS) is 13.8. The SMILES string of the molecule is CCN(C(=O)[C@H](N)CCSC)C(C)c1ccc(F)cc1. The first-order chi connectivity index (χ1) is 9.51. The molecule has 0 bridgehead atoms. The standard InChI is InChI=1S/C15H23FN2OS/c1-4-18(15(19)14(17)9-10-20-3)11(2)12-5-7-13(16)8-6-12/h5-8,11,14H,4,9-10,17H2,1-3H3/t11?,14-/m1/s1. The second-order valence-corrected chi connectivity index (χ2v) is 5.73. The number of benzene rings is 1. The van der Waals surface area contributed by atoms with E-state index in [0.29, 0.717) is 13.0 Å². The van der Waals surface area contributed by atoms with Gasteiger partial charge in [-0.1, -0.05) is 12.1 Å². The van der Waals surface area contributed by atoms with E-state index in [0.717, 1.165) is 11.3 Å². The molecule has 1 aromatic rings. The van der Waals surface area contributed by atoms with Crippen molar-refractivity contribution in [2.24, 2.45) is 5.73 Å². The number of rotatable bonds is 7. The summed E-state index contributed by atoms with van der Waals surface area (Å²) < 4.78 is 13.0. The van der Waals surface area contributed by atoms with Crippen LogP contribution in [0.3, 0.4) is 0 Å². The molecule has 20 heavy (non-hydrogen) atoms. The van der Waals surface area contributed by atoms with E-state index >= 15 is 0 Å². The lowest BCUT2D eigenvalue weighted by molar-refractivity contribution is -0.134. The van der Waals surface area contributed by atoms with Gasteiger partial charge in [-0.25, -0.2) is 4.39 Å². The summed E-state index contributed by atoms with van der Waals surface area (Å²) >= 11 is 1.68. The van der Waals surface area contributed by atoms with Crippen molar-refractivity contribution >= 4 is 17.7 Å². The minimum Gasteiger partial charge on any atom is -0.335 e. The molecular formula is C15H23FN2OS. The summed E-state index contributed by atoms with van der Waals surface area (Å²) in [6.45, 7) is 4.46. The fourth-order valence-electron chi connectivity index (χ4n) is 2.12. The van der Waals surface area contributed by atoms with Crippen LogP contribution >= 0.6 is 11.8 Å². The molecule has 1 aromatic carbocycles. The molecule has 2 atom stereocenters. The van der Waals surface area contributed by atoms with Gasteiger partial charge in [-0.05, 0) is 50.0 Å². The molecule has 0 aliphatic heterocycles. The topological polar surface area (TPSA) is 46.3 Å². The van der Waals surface area contributed by atoms with Gasteiger partial charge in [0.15, 0.2) is 0 Å². The maximum atomic E-state index is 13.0. The second kappa shape index (κ2) is 8.27. The highest BCUT2D eigenvalue weighted by molar-refractivity contribution is 7.98. The summed E-state index contributed by atoms with van der Waals surface area (Å²) in [7, 11) is 0. The van der Waals surface area contributed by atoms with Crippen LogP contribution in [0.4, 0.5) is 4.39 Å². The fourth-order valence-corrected chi connectivity index (χ4v) is 2.61. The molecule has 0 radical (unpaired) electrons. The third-order valence-electron chi connectivity index (χ3n) is 3.39. The smallest absolute Gasteiger partial charge is 0.240 e. The van der Waals surface area contributed by atoms with Crippen molar-refractivity contribution in [2.75, 3.05) is 18.6 Å². The van der Waals surface area contributed by atoms with Crippen LogP contribution in [0.2, 0.25) is 0 Å². The number of nitrogens with zero attached hydrogens (tertiary/aromatic N) is 1.